The van der Waals surface area contributed by atoms with Crippen molar-refractivity contribution in [3.05, 3.63) is 57.1 Å². The maximum atomic E-state index is 12.4. The number of halogens is 2. The molecule has 156 valence electrons. The molecule has 0 radical (unpaired) electrons. The number of benzene rings is 1. The van der Waals surface area contributed by atoms with Crippen LogP contribution in [0.5, 0.6) is 0 Å². The number of hydrogen-bond acceptors (Lipinski definition) is 6. The van der Waals surface area contributed by atoms with Crippen molar-refractivity contribution in [1.82, 2.24) is 30.1 Å². The summed E-state index contributed by atoms with van der Waals surface area (Å²) in [6.07, 6.45) is 1.93. The first kappa shape index (κ1) is 20.6. The minimum Gasteiger partial charge on any atom is -0.333 e. The average Bonchev–Trinajstić information content (AvgIpc) is 3.32. The Bertz CT molecular complexity index is 1260. The molecular weight excluding hydrogens is 427 g/mol. The van der Waals surface area contributed by atoms with E-state index in [1.165, 1.54) is 0 Å². The molecule has 0 atom stereocenters. The van der Waals surface area contributed by atoms with Crippen molar-refractivity contribution in [1.29, 1.82) is 0 Å². The number of aromatic nitrogens is 5. The Morgan fingerprint density at radius 3 is 2.80 bits per heavy atom. The van der Waals surface area contributed by atoms with E-state index in [0.29, 0.717) is 33.6 Å². The van der Waals surface area contributed by atoms with E-state index in [4.69, 9.17) is 16.1 Å². The minimum atomic E-state index is -0.165. The van der Waals surface area contributed by atoms with Crippen LogP contribution in [0, 0.1) is 6.92 Å². The summed E-state index contributed by atoms with van der Waals surface area (Å²) in [7, 11) is 0. The highest BCUT2D eigenvalue weighted by Crippen LogP contribution is 2.31. The fourth-order valence-corrected chi connectivity index (χ4v) is 4.10. The van der Waals surface area contributed by atoms with Crippen LogP contribution >= 0.6 is 24.0 Å². The smallest absolute Gasteiger partial charge is 0.263 e. The van der Waals surface area contributed by atoms with Crippen LogP contribution in [-0.2, 0) is 0 Å². The summed E-state index contributed by atoms with van der Waals surface area (Å²) in [6.45, 7) is 3.73. The Hall–Kier alpha value is -2.68. The van der Waals surface area contributed by atoms with Crippen LogP contribution in [0.15, 0.2) is 39.6 Å². The molecule has 3 aromatic heterocycles. The number of rotatable bonds is 3. The molecule has 1 aliphatic rings. The second-order valence-electron chi connectivity index (χ2n) is 7.24. The molecule has 0 amide bonds. The second kappa shape index (κ2) is 8.22. The Labute approximate surface area is 183 Å². The summed E-state index contributed by atoms with van der Waals surface area (Å²) < 4.78 is 7.34. The fourth-order valence-electron chi connectivity index (χ4n) is 3.91. The normalized spacial score (nSPS) is 14.7. The molecule has 8 nitrogen and oxygen atoms in total. The molecule has 10 heteroatoms. The van der Waals surface area contributed by atoms with Crippen LogP contribution in [0.4, 0.5) is 0 Å². The monoisotopic (exact) mass is 446 g/mol. The summed E-state index contributed by atoms with van der Waals surface area (Å²) in [6, 6.07) is 8.90. The molecule has 0 bridgehead atoms. The lowest BCUT2D eigenvalue weighted by Gasteiger charge is -2.23. The molecule has 1 saturated heterocycles. The lowest BCUT2D eigenvalue weighted by molar-refractivity contribution is 0.432. The first-order valence-corrected chi connectivity index (χ1v) is 9.91. The maximum Gasteiger partial charge on any atom is 0.263 e. The molecular formula is C20H20Cl2N6O2. The van der Waals surface area contributed by atoms with E-state index in [0.717, 1.165) is 37.2 Å². The standard InChI is InChI=1S/C20H19ClN6O2.ClH/c1-11-17(20-24-18(26-29-20)13-3-2-4-14(21)9-13)19-23-16(28)10-15(27(19)25-11)12-5-7-22-8-6-12;/h2-4,9-10,12,22H,5-8H2,1H3,(H,23,28);1H. The predicted octanol–water partition coefficient (Wildman–Crippen LogP) is 3.59. The van der Waals surface area contributed by atoms with Gasteiger partial charge in [0.25, 0.3) is 11.4 Å². The topological polar surface area (TPSA) is 101 Å². The number of hydrogen-bond donors (Lipinski definition) is 2. The van der Waals surface area contributed by atoms with Gasteiger partial charge in [-0.05, 0) is 45.0 Å². The van der Waals surface area contributed by atoms with Gasteiger partial charge in [-0.1, -0.05) is 28.9 Å². The number of nitrogens with one attached hydrogen (secondary N) is 2. The van der Waals surface area contributed by atoms with Crippen molar-refractivity contribution in [2.45, 2.75) is 25.7 Å². The van der Waals surface area contributed by atoms with Gasteiger partial charge in [-0.3, -0.25) is 4.79 Å². The fraction of sp³-hybridized carbons (Fsp3) is 0.300. The Kier molecular flexibility index (Phi) is 5.64. The maximum absolute atomic E-state index is 12.4. The van der Waals surface area contributed by atoms with E-state index >= 15 is 0 Å². The highest BCUT2D eigenvalue weighted by atomic mass is 35.5. The van der Waals surface area contributed by atoms with Crippen molar-refractivity contribution >= 4 is 29.7 Å². The molecule has 30 heavy (non-hydrogen) atoms. The third-order valence-corrected chi connectivity index (χ3v) is 5.54. The van der Waals surface area contributed by atoms with E-state index < -0.39 is 0 Å². The van der Waals surface area contributed by atoms with Crippen LogP contribution in [-0.4, -0.2) is 37.8 Å². The quantitative estimate of drug-likeness (QED) is 0.498. The number of aromatic amines is 1. The molecule has 5 rings (SSSR count). The predicted molar refractivity (Wildman–Crippen MR) is 116 cm³/mol. The van der Waals surface area contributed by atoms with Gasteiger partial charge >= 0.3 is 0 Å². The van der Waals surface area contributed by atoms with Gasteiger partial charge in [0.2, 0.25) is 5.82 Å². The molecule has 4 heterocycles. The summed E-state index contributed by atoms with van der Waals surface area (Å²) in [5.41, 5.74) is 3.42. The number of piperidine rings is 1. The van der Waals surface area contributed by atoms with E-state index in [1.807, 2.05) is 23.6 Å². The first-order chi connectivity index (χ1) is 14.1. The van der Waals surface area contributed by atoms with Crippen molar-refractivity contribution < 1.29 is 4.52 Å². The summed E-state index contributed by atoms with van der Waals surface area (Å²) >= 11 is 6.07. The average molecular weight is 447 g/mol. The zero-order chi connectivity index (χ0) is 20.0. The third-order valence-electron chi connectivity index (χ3n) is 5.31. The van der Waals surface area contributed by atoms with E-state index in [2.05, 4.69) is 25.5 Å². The lowest BCUT2D eigenvalue weighted by atomic mass is 9.94. The highest BCUT2D eigenvalue weighted by Gasteiger charge is 2.24. The van der Waals surface area contributed by atoms with E-state index in [1.54, 1.807) is 18.2 Å². The van der Waals surface area contributed by atoms with Gasteiger partial charge < -0.3 is 14.8 Å². The van der Waals surface area contributed by atoms with Crippen LogP contribution in [0.2, 0.25) is 5.02 Å². The van der Waals surface area contributed by atoms with Crippen LogP contribution in [0.3, 0.4) is 0 Å². The largest absolute Gasteiger partial charge is 0.333 e. The SMILES string of the molecule is Cc1nn2c(C3CCNCC3)cc(=O)[nH]c2c1-c1nc(-c2cccc(Cl)c2)no1.Cl. The zero-order valence-corrected chi connectivity index (χ0v) is 17.8. The number of fused-ring (bicyclic) bond motifs is 1. The molecule has 0 aliphatic carbocycles. The molecule has 2 N–H and O–H groups in total. The molecule has 0 saturated carbocycles. The molecule has 1 aromatic carbocycles. The molecule has 0 spiro atoms. The van der Waals surface area contributed by atoms with Gasteiger partial charge in [0.1, 0.15) is 11.2 Å². The van der Waals surface area contributed by atoms with Gasteiger partial charge in [-0.25, -0.2) is 4.52 Å². The minimum absolute atomic E-state index is 0. The highest BCUT2D eigenvalue weighted by molar-refractivity contribution is 6.30. The Morgan fingerprint density at radius 1 is 1.23 bits per heavy atom. The number of H-pyrrole nitrogens is 1. The zero-order valence-electron chi connectivity index (χ0n) is 16.2. The van der Waals surface area contributed by atoms with Crippen molar-refractivity contribution in [2.24, 2.45) is 0 Å². The van der Waals surface area contributed by atoms with Gasteiger partial charge in [-0.15, -0.1) is 12.4 Å². The molecule has 1 fully saturated rings. The summed E-state index contributed by atoms with van der Waals surface area (Å²) in [5.74, 6) is 1.02. The second-order valence-corrected chi connectivity index (χ2v) is 7.67. The van der Waals surface area contributed by atoms with Gasteiger partial charge in [0.15, 0.2) is 0 Å². The summed E-state index contributed by atoms with van der Waals surface area (Å²) in [5, 5.41) is 12.7. The Morgan fingerprint density at radius 2 is 2.03 bits per heavy atom. The van der Waals surface area contributed by atoms with Gasteiger partial charge in [0, 0.05) is 22.6 Å². The van der Waals surface area contributed by atoms with Crippen LogP contribution < -0.4 is 10.9 Å². The van der Waals surface area contributed by atoms with Crippen molar-refractivity contribution in [3.8, 4) is 22.8 Å². The number of nitrogens with zero attached hydrogens (tertiary/aromatic N) is 4. The van der Waals surface area contributed by atoms with Gasteiger partial charge in [0.05, 0.1) is 11.4 Å². The first-order valence-electron chi connectivity index (χ1n) is 9.53. The van der Waals surface area contributed by atoms with Crippen molar-refractivity contribution in [3.63, 3.8) is 0 Å². The Balaban J connectivity index is 0.00000218. The molecule has 4 aromatic rings. The summed E-state index contributed by atoms with van der Waals surface area (Å²) in [4.78, 5) is 19.8. The third kappa shape index (κ3) is 3.62. The number of aryl methyl sites for hydroxylation is 1. The van der Waals surface area contributed by atoms with Gasteiger partial charge in [-0.2, -0.15) is 10.1 Å². The lowest BCUT2D eigenvalue weighted by Crippen LogP contribution is -2.28. The van der Waals surface area contributed by atoms with Crippen LogP contribution in [0.1, 0.15) is 30.1 Å². The van der Waals surface area contributed by atoms with E-state index in [-0.39, 0.29) is 23.9 Å². The van der Waals surface area contributed by atoms with Crippen LogP contribution in [0.25, 0.3) is 28.5 Å². The van der Waals surface area contributed by atoms with E-state index in [9.17, 15) is 4.79 Å². The van der Waals surface area contributed by atoms with Crippen molar-refractivity contribution in [2.75, 3.05) is 13.1 Å². The molecule has 0 unspecified atom stereocenters. The molecule has 1 aliphatic heterocycles.